The molecule has 0 saturated heterocycles. The van der Waals surface area contributed by atoms with Gasteiger partial charge in [0.05, 0.1) is 13.2 Å². The number of benzene rings is 1. The van der Waals surface area contributed by atoms with E-state index in [2.05, 4.69) is 10.1 Å². The lowest BCUT2D eigenvalue weighted by Gasteiger charge is -2.36. The molecule has 4 atom stereocenters. The molecule has 1 aromatic carbocycles. The van der Waals surface area contributed by atoms with E-state index in [4.69, 9.17) is 11.5 Å². The second-order valence-corrected chi connectivity index (χ2v) is 9.85. The number of esters is 1. The average Bonchev–Trinajstić information content (AvgIpc) is 2.86. The highest BCUT2D eigenvalue weighted by molar-refractivity contribution is 5.93. The monoisotopic (exact) mass is 556 g/mol. The normalized spacial score (nSPS) is 14.0. The molecule has 11 heteroatoms. The fourth-order valence-electron chi connectivity index (χ4n) is 4.02. The first-order chi connectivity index (χ1) is 17.4. The van der Waals surface area contributed by atoms with Crippen LogP contribution in [0, 0.1) is 11.8 Å². The van der Waals surface area contributed by atoms with Crippen molar-refractivity contribution >= 4 is 36.1 Å². The quantitative estimate of drug-likeness (QED) is 0.179. The Kier molecular flexibility index (Phi) is 16.3. The van der Waals surface area contributed by atoms with Crippen LogP contribution in [0.2, 0.25) is 0 Å². The predicted molar refractivity (Wildman–Crippen MR) is 148 cm³/mol. The lowest BCUT2D eigenvalue weighted by Crippen LogP contribution is -2.59. The summed E-state index contributed by atoms with van der Waals surface area (Å²) in [7, 11) is 1.33. The minimum Gasteiger partial charge on any atom is -0.508 e. The second kappa shape index (κ2) is 17.6. The summed E-state index contributed by atoms with van der Waals surface area (Å²) in [5.74, 6) is -2.10. The fraction of sp³-hybridized carbons (Fsp3) is 0.630. The van der Waals surface area contributed by atoms with Gasteiger partial charge in [0.1, 0.15) is 17.8 Å². The van der Waals surface area contributed by atoms with Gasteiger partial charge in [0.2, 0.25) is 17.7 Å². The van der Waals surface area contributed by atoms with Crippen LogP contribution in [0.25, 0.3) is 0 Å². The SMILES string of the molecule is CC[C@H](C)[C@@H](C(N)=O)N(CCCCCC(=O)OC)C(=O)[C@H](Cc1ccc(O)cc1)NC(=O)[C@@H](N)C(C)C.Cl. The average molecular weight is 557 g/mol. The molecule has 0 bridgehead atoms. The smallest absolute Gasteiger partial charge is 0.305 e. The summed E-state index contributed by atoms with van der Waals surface area (Å²) in [6.45, 7) is 7.63. The summed E-state index contributed by atoms with van der Waals surface area (Å²) >= 11 is 0. The highest BCUT2D eigenvalue weighted by atomic mass is 35.5. The predicted octanol–water partition coefficient (Wildman–Crippen LogP) is 2.29. The third-order valence-electron chi connectivity index (χ3n) is 6.61. The van der Waals surface area contributed by atoms with Crippen LogP contribution >= 0.6 is 12.4 Å². The van der Waals surface area contributed by atoms with Gasteiger partial charge in [0.25, 0.3) is 0 Å². The number of unbranched alkanes of at least 4 members (excludes halogenated alkanes) is 2. The lowest BCUT2D eigenvalue weighted by atomic mass is 9.94. The van der Waals surface area contributed by atoms with Gasteiger partial charge in [0, 0.05) is 19.4 Å². The van der Waals surface area contributed by atoms with Crippen molar-refractivity contribution in [2.75, 3.05) is 13.7 Å². The standard InChI is InChI=1S/C27H44N4O6.ClH/c1-6-18(4)24(25(29)34)31(15-9-7-8-10-22(33)37-5)27(36)21(30-26(35)23(28)17(2)3)16-19-11-13-20(32)14-12-19;/h11-14,17-18,21,23-24,32H,6-10,15-16,28H2,1-5H3,(H2,29,34)(H,30,35);1H/t18-,21-,23-,24-;/m0./s1. The minimum atomic E-state index is -0.997. The molecule has 0 fully saturated rings. The molecule has 0 saturated carbocycles. The van der Waals surface area contributed by atoms with E-state index < -0.39 is 35.8 Å². The van der Waals surface area contributed by atoms with Crippen molar-refractivity contribution < 1.29 is 29.0 Å². The number of nitrogens with two attached hydrogens (primary N) is 2. The number of hydrogen-bond donors (Lipinski definition) is 4. The molecule has 216 valence electrons. The molecule has 10 nitrogen and oxygen atoms in total. The van der Waals surface area contributed by atoms with E-state index in [-0.39, 0.29) is 55.3 Å². The Morgan fingerprint density at radius 2 is 1.66 bits per heavy atom. The Balaban J connectivity index is 0.0000137. The van der Waals surface area contributed by atoms with Crippen molar-refractivity contribution in [3.05, 3.63) is 29.8 Å². The Hall–Kier alpha value is -2.85. The molecule has 1 aromatic rings. The van der Waals surface area contributed by atoms with E-state index in [0.29, 0.717) is 31.2 Å². The maximum Gasteiger partial charge on any atom is 0.305 e. The van der Waals surface area contributed by atoms with Gasteiger partial charge in [-0.05, 0) is 42.4 Å². The van der Waals surface area contributed by atoms with E-state index in [1.807, 2.05) is 27.7 Å². The van der Waals surface area contributed by atoms with Gasteiger partial charge >= 0.3 is 5.97 Å². The molecule has 0 aliphatic heterocycles. The molecule has 0 heterocycles. The van der Waals surface area contributed by atoms with Crippen LogP contribution in [0.4, 0.5) is 0 Å². The molecule has 0 aromatic heterocycles. The highest BCUT2D eigenvalue weighted by Crippen LogP contribution is 2.20. The molecule has 0 aliphatic rings. The third kappa shape index (κ3) is 11.3. The number of phenols is 1. The largest absolute Gasteiger partial charge is 0.508 e. The number of halogens is 1. The van der Waals surface area contributed by atoms with Crippen molar-refractivity contribution in [3.8, 4) is 5.75 Å². The van der Waals surface area contributed by atoms with Crippen molar-refractivity contribution in [2.24, 2.45) is 23.3 Å². The second-order valence-electron chi connectivity index (χ2n) is 9.85. The van der Waals surface area contributed by atoms with Crippen molar-refractivity contribution in [3.63, 3.8) is 0 Å². The topological polar surface area (TPSA) is 165 Å². The molecular formula is C27H45ClN4O6. The molecule has 0 unspecified atom stereocenters. The van der Waals surface area contributed by atoms with Crippen LogP contribution in [-0.4, -0.2) is 65.5 Å². The van der Waals surface area contributed by atoms with Gasteiger partial charge in [-0.1, -0.05) is 52.7 Å². The summed E-state index contributed by atoms with van der Waals surface area (Å²) in [6.07, 6.45) is 2.78. The lowest BCUT2D eigenvalue weighted by molar-refractivity contribution is -0.144. The zero-order valence-electron chi connectivity index (χ0n) is 23.1. The van der Waals surface area contributed by atoms with Crippen LogP contribution in [-0.2, 0) is 30.3 Å². The Morgan fingerprint density at radius 1 is 1.05 bits per heavy atom. The van der Waals surface area contributed by atoms with Gasteiger partial charge in [-0.2, -0.15) is 0 Å². The van der Waals surface area contributed by atoms with Gasteiger partial charge in [-0.15, -0.1) is 12.4 Å². The zero-order chi connectivity index (χ0) is 28.1. The van der Waals surface area contributed by atoms with Crippen LogP contribution < -0.4 is 16.8 Å². The summed E-state index contributed by atoms with van der Waals surface area (Å²) in [4.78, 5) is 52.2. The van der Waals surface area contributed by atoms with Crippen LogP contribution in [0.3, 0.4) is 0 Å². The van der Waals surface area contributed by atoms with Crippen LogP contribution in [0.1, 0.15) is 65.4 Å². The van der Waals surface area contributed by atoms with Crippen molar-refractivity contribution in [1.82, 2.24) is 10.2 Å². The summed E-state index contributed by atoms with van der Waals surface area (Å²) in [6, 6.07) is 3.66. The number of rotatable bonds is 16. The first-order valence-corrected chi connectivity index (χ1v) is 12.9. The Morgan fingerprint density at radius 3 is 2.16 bits per heavy atom. The first-order valence-electron chi connectivity index (χ1n) is 12.9. The number of nitrogens with one attached hydrogen (secondary N) is 1. The summed E-state index contributed by atoms with van der Waals surface area (Å²) < 4.78 is 4.67. The van der Waals surface area contributed by atoms with E-state index >= 15 is 0 Å². The van der Waals surface area contributed by atoms with Gasteiger partial charge in [-0.25, -0.2) is 0 Å². The molecule has 6 N–H and O–H groups in total. The molecule has 1 rings (SSSR count). The molecule has 0 spiro atoms. The number of hydrogen-bond acceptors (Lipinski definition) is 7. The summed E-state index contributed by atoms with van der Waals surface area (Å²) in [5, 5.41) is 12.4. The number of carbonyl (C=O) groups is 4. The molecular weight excluding hydrogens is 512 g/mol. The highest BCUT2D eigenvalue weighted by Gasteiger charge is 2.36. The number of aromatic hydroxyl groups is 1. The van der Waals surface area contributed by atoms with Gasteiger partial charge < -0.3 is 31.5 Å². The number of amides is 3. The van der Waals surface area contributed by atoms with Crippen molar-refractivity contribution in [1.29, 1.82) is 0 Å². The van der Waals surface area contributed by atoms with E-state index in [1.165, 1.54) is 24.1 Å². The minimum absolute atomic E-state index is 0. The van der Waals surface area contributed by atoms with Crippen LogP contribution in [0.5, 0.6) is 5.75 Å². The van der Waals surface area contributed by atoms with E-state index in [0.717, 1.165) is 0 Å². The molecule has 38 heavy (non-hydrogen) atoms. The zero-order valence-corrected chi connectivity index (χ0v) is 24.0. The Bertz CT molecular complexity index is 896. The number of carbonyl (C=O) groups excluding carboxylic acids is 4. The van der Waals surface area contributed by atoms with E-state index in [9.17, 15) is 24.3 Å². The number of phenolic OH excluding ortho intramolecular Hbond substituents is 1. The maximum absolute atomic E-state index is 14.0. The number of methoxy groups -OCH3 is 1. The number of nitrogens with zero attached hydrogens (tertiary/aromatic N) is 1. The van der Waals surface area contributed by atoms with Gasteiger partial charge in [0.15, 0.2) is 0 Å². The van der Waals surface area contributed by atoms with Crippen LogP contribution in [0.15, 0.2) is 24.3 Å². The molecule has 0 radical (unpaired) electrons. The maximum atomic E-state index is 14.0. The number of primary amides is 1. The van der Waals surface area contributed by atoms with Crippen molar-refractivity contribution in [2.45, 2.75) is 84.3 Å². The van der Waals surface area contributed by atoms with Gasteiger partial charge in [-0.3, -0.25) is 19.2 Å². The number of ether oxygens (including phenoxy) is 1. The summed E-state index contributed by atoms with van der Waals surface area (Å²) in [5.41, 5.74) is 12.5. The molecule has 3 amide bonds. The third-order valence-corrected chi connectivity index (χ3v) is 6.61. The Labute approximate surface area is 232 Å². The molecule has 0 aliphatic carbocycles. The van der Waals surface area contributed by atoms with E-state index in [1.54, 1.807) is 12.1 Å². The fourth-order valence-corrected chi connectivity index (χ4v) is 4.02. The first kappa shape index (κ1) is 35.2.